The molecule has 6 rings (SSSR count). The molecule has 0 aliphatic carbocycles. The predicted molar refractivity (Wildman–Crippen MR) is 238 cm³/mol. The first kappa shape index (κ1) is 44.2. The number of ether oxygens (including phenoxy) is 2. The van der Waals surface area contributed by atoms with Crippen molar-refractivity contribution in [1.82, 2.24) is 25.5 Å². The van der Waals surface area contributed by atoms with Gasteiger partial charge in [0.25, 0.3) is 0 Å². The first-order chi connectivity index (χ1) is 28.7. The molecule has 5 aromatic rings. The third-order valence-corrected chi connectivity index (χ3v) is 11.8. The molecule has 1 aliphatic rings. The number of aliphatic hydroxyl groups excluding tert-OH is 1. The first-order valence-electron chi connectivity index (χ1n) is 20.7. The Morgan fingerprint density at radius 3 is 2.33 bits per heavy atom. The van der Waals surface area contributed by atoms with E-state index >= 15 is 0 Å². The summed E-state index contributed by atoms with van der Waals surface area (Å²) in [7, 11) is 4.05. The molecule has 0 spiro atoms. The number of aliphatic hydroxyl groups is 1. The quantitative estimate of drug-likeness (QED) is 0.0820. The van der Waals surface area contributed by atoms with Crippen molar-refractivity contribution in [3.05, 3.63) is 95.6 Å². The van der Waals surface area contributed by atoms with Gasteiger partial charge in [-0.25, -0.2) is 9.97 Å². The molecule has 60 heavy (non-hydrogen) atoms. The van der Waals surface area contributed by atoms with Gasteiger partial charge in [0.15, 0.2) is 0 Å². The Bertz CT molecular complexity index is 2240. The van der Waals surface area contributed by atoms with Crippen molar-refractivity contribution in [2.75, 3.05) is 45.4 Å². The molecule has 3 N–H and O–H groups in total. The number of fused-ring (bicyclic) bond motifs is 1. The van der Waals surface area contributed by atoms with Gasteiger partial charge in [0.1, 0.15) is 24.4 Å². The Labute approximate surface area is 357 Å². The fraction of sp³-hybridized carbons (Fsp3) is 0.426. The average Bonchev–Trinajstić information content (AvgIpc) is 3.85. The van der Waals surface area contributed by atoms with Gasteiger partial charge in [0.05, 0.1) is 46.0 Å². The molecule has 1 aliphatic heterocycles. The Kier molecular flexibility index (Phi) is 14.6. The minimum absolute atomic E-state index is 0.00279. The molecule has 0 bridgehead atoms. The van der Waals surface area contributed by atoms with Crippen LogP contribution in [0.25, 0.3) is 32.6 Å². The van der Waals surface area contributed by atoms with Gasteiger partial charge in [0, 0.05) is 50.3 Å². The number of thiazole rings is 1. The van der Waals surface area contributed by atoms with E-state index in [9.17, 15) is 19.5 Å². The maximum atomic E-state index is 14.0. The number of rotatable bonds is 17. The summed E-state index contributed by atoms with van der Waals surface area (Å²) in [5.41, 5.74) is 8.13. The van der Waals surface area contributed by atoms with E-state index in [-0.39, 0.29) is 31.5 Å². The van der Waals surface area contributed by atoms with Crippen LogP contribution in [0.4, 0.5) is 5.69 Å². The second-order valence-corrected chi connectivity index (χ2v) is 17.7. The van der Waals surface area contributed by atoms with Crippen molar-refractivity contribution in [3.63, 3.8) is 0 Å². The van der Waals surface area contributed by atoms with Gasteiger partial charge in [-0.3, -0.25) is 14.4 Å². The summed E-state index contributed by atoms with van der Waals surface area (Å²) < 4.78 is 11.7. The summed E-state index contributed by atoms with van der Waals surface area (Å²) in [6.45, 7) is 10.2. The highest BCUT2D eigenvalue weighted by molar-refractivity contribution is 7.13. The van der Waals surface area contributed by atoms with Crippen LogP contribution in [0.15, 0.2) is 84.4 Å². The average molecular weight is 835 g/mol. The highest BCUT2D eigenvalue weighted by atomic mass is 32.1. The predicted octanol–water partition coefficient (Wildman–Crippen LogP) is 7.34. The van der Waals surface area contributed by atoms with Crippen LogP contribution in [0.3, 0.4) is 0 Å². The fourth-order valence-electron chi connectivity index (χ4n) is 7.34. The Morgan fingerprint density at radius 1 is 0.933 bits per heavy atom. The molecule has 318 valence electrons. The third kappa shape index (κ3) is 11.3. The number of likely N-dealkylation sites (tertiary alicyclic amines) is 1. The monoisotopic (exact) mass is 834 g/mol. The number of aryl methyl sites for hydroxylation is 1. The summed E-state index contributed by atoms with van der Waals surface area (Å²) in [6.07, 6.45) is 1.68. The zero-order valence-electron chi connectivity index (χ0n) is 35.7. The lowest BCUT2D eigenvalue weighted by Crippen LogP contribution is -2.58. The number of nitrogens with zero attached hydrogens (tertiary/aromatic N) is 4. The van der Waals surface area contributed by atoms with Crippen LogP contribution in [0.2, 0.25) is 0 Å². The minimum atomic E-state index is -0.931. The molecule has 12 nitrogen and oxygen atoms in total. The number of hydrogen-bond acceptors (Lipinski definition) is 10. The summed E-state index contributed by atoms with van der Waals surface area (Å²) in [4.78, 5) is 54.4. The summed E-state index contributed by atoms with van der Waals surface area (Å²) >= 11 is 1.58. The standard InChI is InChI=1S/C47H58N6O6S/c1-30(32-11-13-34(14-12-32)43-31(2)48-29-60-43)49-45(56)41-26-37(54)27-53(41)46(57)44(47(3,4)5)51-42(55)28-58-23-9-8-10-24-59-38-20-22-40-35(25-38)17-21-39(50-40)33-15-18-36(19-16-33)52(6)7/h11-22,25,29-30,37,41,44,54H,8-10,23-24,26-28H2,1-7H3,(H,49,56)(H,51,55)/t30-,37+,41-,44+/m0/s1. The van der Waals surface area contributed by atoms with Crippen LogP contribution >= 0.6 is 11.3 Å². The summed E-state index contributed by atoms with van der Waals surface area (Å²) in [5.74, 6) is -0.396. The molecule has 2 aromatic heterocycles. The van der Waals surface area contributed by atoms with E-state index in [1.54, 1.807) is 11.3 Å². The molecule has 0 radical (unpaired) electrons. The lowest BCUT2D eigenvalue weighted by molar-refractivity contribution is -0.144. The van der Waals surface area contributed by atoms with E-state index in [1.165, 1.54) is 4.90 Å². The Balaban J connectivity index is 0.917. The van der Waals surface area contributed by atoms with Crippen LogP contribution in [-0.2, 0) is 19.1 Å². The molecule has 3 heterocycles. The summed E-state index contributed by atoms with van der Waals surface area (Å²) in [6, 6.07) is 24.2. The molecular weight excluding hydrogens is 777 g/mol. The van der Waals surface area contributed by atoms with Gasteiger partial charge in [0.2, 0.25) is 17.7 Å². The Morgan fingerprint density at radius 2 is 1.65 bits per heavy atom. The van der Waals surface area contributed by atoms with Gasteiger partial charge in [-0.2, -0.15) is 0 Å². The van der Waals surface area contributed by atoms with E-state index in [0.29, 0.717) is 13.2 Å². The van der Waals surface area contributed by atoms with E-state index in [2.05, 4.69) is 50.8 Å². The van der Waals surface area contributed by atoms with Crippen LogP contribution in [0.5, 0.6) is 5.75 Å². The molecule has 4 atom stereocenters. The molecule has 3 amide bonds. The lowest BCUT2D eigenvalue weighted by atomic mass is 9.85. The van der Waals surface area contributed by atoms with Crippen LogP contribution in [0.1, 0.15) is 70.7 Å². The van der Waals surface area contributed by atoms with Crippen LogP contribution in [-0.4, -0.2) is 96.3 Å². The maximum Gasteiger partial charge on any atom is 0.246 e. The number of amides is 3. The number of anilines is 1. The molecule has 3 aromatic carbocycles. The second-order valence-electron chi connectivity index (χ2n) is 16.8. The number of carbonyl (C=O) groups excluding carboxylic acids is 3. The van der Waals surface area contributed by atoms with E-state index in [1.807, 2.05) is 103 Å². The van der Waals surface area contributed by atoms with Gasteiger partial charge in [-0.05, 0) is 86.1 Å². The van der Waals surface area contributed by atoms with Crippen LogP contribution in [0, 0.1) is 12.3 Å². The molecule has 13 heteroatoms. The topological polar surface area (TPSA) is 146 Å². The van der Waals surface area contributed by atoms with Gasteiger partial charge >= 0.3 is 0 Å². The molecule has 1 saturated heterocycles. The van der Waals surface area contributed by atoms with Crippen molar-refractivity contribution in [3.8, 4) is 27.4 Å². The smallest absolute Gasteiger partial charge is 0.246 e. The van der Waals surface area contributed by atoms with Gasteiger partial charge in [-0.1, -0.05) is 63.2 Å². The van der Waals surface area contributed by atoms with Crippen LogP contribution < -0.4 is 20.3 Å². The summed E-state index contributed by atoms with van der Waals surface area (Å²) in [5, 5.41) is 17.5. The largest absolute Gasteiger partial charge is 0.494 e. The first-order valence-corrected chi connectivity index (χ1v) is 21.5. The highest BCUT2D eigenvalue weighted by Crippen LogP contribution is 2.30. The van der Waals surface area contributed by atoms with Crippen molar-refractivity contribution in [2.24, 2.45) is 5.41 Å². The number of β-amino-alcohol motifs (C(OH)–C–C–N with tert-alkyl or cyclic N) is 1. The maximum absolute atomic E-state index is 14.0. The number of unbranched alkanes of at least 4 members (excludes halogenated alkanes) is 2. The van der Waals surface area contributed by atoms with Crippen molar-refractivity contribution in [2.45, 2.75) is 84.5 Å². The van der Waals surface area contributed by atoms with Crippen molar-refractivity contribution < 1.29 is 29.0 Å². The number of hydrogen-bond donors (Lipinski definition) is 3. The SMILES string of the molecule is Cc1ncsc1-c1ccc([C@H](C)NC(=O)[C@@H]2C[C@@H](O)CN2C(=O)[C@@H](NC(=O)COCCCCCOc2ccc3nc(-c4ccc(N(C)C)cc4)ccc3c2)C(C)(C)C)cc1. The number of benzene rings is 3. The lowest BCUT2D eigenvalue weighted by Gasteiger charge is -2.35. The zero-order chi connectivity index (χ0) is 43.0. The normalized spacial score (nSPS) is 16.4. The number of aromatic nitrogens is 2. The molecule has 0 unspecified atom stereocenters. The molecule has 1 fully saturated rings. The van der Waals surface area contributed by atoms with Gasteiger partial charge < -0.3 is 35.0 Å². The zero-order valence-corrected chi connectivity index (χ0v) is 36.6. The molecule has 0 saturated carbocycles. The fourth-order valence-corrected chi connectivity index (χ4v) is 8.15. The Hall–Kier alpha value is -5.37. The van der Waals surface area contributed by atoms with E-state index < -0.39 is 35.4 Å². The number of nitrogens with one attached hydrogen (secondary N) is 2. The number of carbonyl (C=O) groups is 3. The van der Waals surface area contributed by atoms with Gasteiger partial charge in [-0.15, -0.1) is 11.3 Å². The minimum Gasteiger partial charge on any atom is -0.494 e. The van der Waals surface area contributed by atoms with Crippen molar-refractivity contribution >= 4 is 45.6 Å². The molecular formula is C47H58N6O6S. The van der Waals surface area contributed by atoms with E-state index in [4.69, 9.17) is 14.5 Å². The van der Waals surface area contributed by atoms with Crippen molar-refractivity contribution in [1.29, 1.82) is 0 Å². The third-order valence-electron chi connectivity index (χ3n) is 10.8. The van der Waals surface area contributed by atoms with E-state index in [0.717, 1.165) is 74.6 Å². The number of pyridine rings is 1. The highest BCUT2D eigenvalue weighted by Gasteiger charge is 2.44. The second kappa shape index (κ2) is 19.8.